The fraction of sp³-hybridized carbons (Fsp3) is 0.111. The predicted molar refractivity (Wildman–Crippen MR) is 83.1 cm³/mol. The van der Waals surface area contributed by atoms with Crippen molar-refractivity contribution in [1.82, 2.24) is 4.98 Å². The highest BCUT2D eigenvalue weighted by molar-refractivity contribution is 6.06. The lowest BCUT2D eigenvalue weighted by Gasteiger charge is -2.12. The third kappa shape index (κ3) is 2.50. The summed E-state index contributed by atoms with van der Waals surface area (Å²) in [5.74, 6) is -0.338. The van der Waals surface area contributed by atoms with Crippen molar-refractivity contribution in [2.75, 3.05) is 6.61 Å². The molecule has 0 saturated heterocycles. The van der Waals surface area contributed by atoms with Crippen LogP contribution in [-0.4, -0.2) is 17.6 Å². The number of benzene rings is 2. The fourth-order valence-electron chi connectivity index (χ4n) is 2.42. The van der Waals surface area contributed by atoms with Crippen molar-refractivity contribution in [3.8, 4) is 11.1 Å². The van der Waals surface area contributed by atoms with Gasteiger partial charge in [-0.3, -0.25) is 4.98 Å². The quantitative estimate of drug-likeness (QED) is 0.677. The van der Waals surface area contributed by atoms with Gasteiger partial charge in [0, 0.05) is 17.1 Å². The van der Waals surface area contributed by atoms with Gasteiger partial charge < -0.3 is 4.74 Å². The highest BCUT2D eigenvalue weighted by Gasteiger charge is 2.17. The number of carbonyl (C=O) groups excluding carboxylic acids is 1. The van der Waals surface area contributed by atoms with Gasteiger partial charge in [0.2, 0.25) is 0 Å². The number of esters is 1. The molecule has 1 heterocycles. The van der Waals surface area contributed by atoms with Crippen LogP contribution in [-0.2, 0) is 4.74 Å². The van der Waals surface area contributed by atoms with Crippen molar-refractivity contribution in [2.45, 2.75) is 6.92 Å². The zero-order chi connectivity index (χ0) is 14.7. The molecule has 0 unspecified atom stereocenters. The van der Waals surface area contributed by atoms with Crippen LogP contribution in [0.2, 0.25) is 0 Å². The zero-order valence-electron chi connectivity index (χ0n) is 11.7. The minimum absolute atomic E-state index is 0.338. The minimum Gasteiger partial charge on any atom is -0.462 e. The van der Waals surface area contributed by atoms with E-state index in [0.717, 1.165) is 22.0 Å². The second kappa shape index (κ2) is 5.75. The molecule has 0 radical (unpaired) electrons. The first-order chi connectivity index (χ1) is 10.3. The first-order valence-electron chi connectivity index (χ1n) is 6.91. The van der Waals surface area contributed by atoms with Crippen LogP contribution in [0.25, 0.3) is 22.0 Å². The van der Waals surface area contributed by atoms with Crippen LogP contribution < -0.4 is 0 Å². The molecule has 3 aromatic rings. The van der Waals surface area contributed by atoms with Gasteiger partial charge in [0.25, 0.3) is 0 Å². The molecular weight excluding hydrogens is 262 g/mol. The Hall–Kier alpha value is -2.68. The Morgan fingerprint density at radius 2 is 1.76 bits per heavy atom. The highest BCUT2D eigenvalue weighted by Crippen LogP contribution is 2.31. The SMILES string of the molecule is CCOC(=O)c1cnc2ccccc2c1-c1ccccc1. The van der Waals surface area contributed by atoms with E-state index in [1.165, 1.54) is 0 Å². The number of ether oxygens (including phenoxy) is 1. The molecule has 0 aliphatic carbocycles. The molecule has 0 fully saturated rings. The summed E-state index contributed by atoms with van der Waals surface area (Å²) in [5.41, 5.74) is 3.23. The van der Waals surface area contributed by atoms with E-state index in [9.17, 15) is 4.79 Å². The largest absolute Gasteiger partial charge is 0.462 e. The molecule has 0 bridgehead atoms. The number of hydrogen-bond acceptors (Lipinski definition) is 3. The summed E-state index contributed by atoms with van der Waals surface area (Å²) in [6.07, 6.45) is 1.60. The topological polar surface area (TPSA) is 39.2 Å². The van der Waals surface area contributed by atoms with Crippen LogP contribution in [0.15, 0.2) is 60.8 Å². The number of fused-ring (bicyclic) bond motifs is 1. The van der Waals surface area contributed by atoms with Gasteiger partial charge in [0.05, 0.1) is 17.7 Å². The van der Waals surface area contributed by atoms with Crippen LogP contribution in [0.3, 0.4) is 0 Å². The monoisotopic (exact) mass is 277 g/mol. The van der Waals surface area contributed by atoms with Crippen LogP contribution >= 0.6 is 0 Å². The average Bonchev–Trinajstić information content (AvgIpc) is 2.55. The van der Waals surface area contributed by atoms with Gasteiger partial charge in [-0.25, -0.2) is 4.79 Å². The molecular formula is C18H15NO2. The Bertz CT molecular complexity index is 782. The van der Waals surface area contributed by atoms with Crippen molar-refractivity contribution in [3.63, 3.8) is 0 Å². The molecule has 21 heavy (non-hydrogen) atoms. The lowest BCUT2D eigenvalue weighted by molar-refractivity contribution is 0.0527. The first kappa shape index (κ1) is 13.3. The van der Waals surface area contributed by atoms with Gasteiger partial charge in [-0.05, 0) is 18.6 Å². The molecule has 0 spiro atoms. The summed E-state index contributed by atoms with van der Waals surface area (Å²) in [4.78, 5) is 16.6. The van der Waals surface area contributed by atoms with E-state index >= 15 is 0 Å². The Morgan fingerprint density at radius 1 is 1.05 bits per heavy atom. The summed E-state index contributed by atoms with van der Waals surface area (Å²) in [7, 11) is 0. The lowest BCUT2D eigenvalue weighted by Crippen LogP contribution is -2.07. The van der Waals surface area contributed by atoms with Gasteiger partial charge in [-0.2, -0.15) is 0 Å². The lowest BCUT2D eigenvalue weighted by atomic mass is 9.96. The van der Waals surface area contributed by atoms with Gasteiger partial charge in [0.15, 0.2) is 0 Å². The Morgan fingerprint density at radius 3 is 2.52 bits per heavy atom. The van der Waals surface area contributed by atoms with Crippen LogP contribution in [0.4, 0.5) is 0 Å². The summed E-state index contributed by atoms with van der Waals surface area (Å²) < 4.78 is 5.16. The molecule has 3 heteroatoms. The number of pyridine rings is 1. The van der Waals surface area contributed by atoms with Gasteiger partial charge >= 0.3 is 5.97 Å². The van der Waals surface area contributed by atoms with Gasteiger partial charge in [0.1, 0.15) is 0 Å². The Balaban J connectivity index is 2.31. The first-order valence-corrected chi connectivity index (χ1v) is 6.91. The summed E-state index contributed by atoms with van der Waals surface area (Å²) in [6, 6.07) is 17.7. The second-order valence-corrected chi connectivity index (χ2v) is 4.65. The second-order valence-electron chi connectivity index (χ2n) is 4.65. The summed E-state index contributed by atoms with van der Waals surface area (Å²) in [5, 5.41) is 0.953. The van der Waals surface area contributed by atoms with Crippen LogP contribution in [0.5, 0.6) is 0 Å². The van der Waals surface area contributed by atoms with E-state index in [2.05, 4.69) is 4.98 Å². The number of hydrogen-bond donors (Lipinski definition) is 0. The maximum atomic E-state index is 12.2. The number of carbonyl (C=O) groups is 1. The maximum absolute atomic E-state index is 12.2. The summed E-state index contributed by atoms with van der Waals surface area (Å²) in [6.45, 7) is 2.15. The Labute approximate surface area is 123 Å². The minimum atomic E-state index is -0.338. The van der Waals surface area contributed by atoms with E-state index in [1.54, 1.807) is 13.1 Å². The molecule has 0 aliphatic rings. The molecule has 0 amide bonds. The molecule has 0 aliphatic heterocycles. The smallest absolute Gasteiger partial charge is 0.340 e. The van der Waals surface area contributed by atoms with Crippen molar-refractivity contribution >= 4 is 16.9 Å². The van der Waals surface area contributed by atoms with Gasteiger partial charge in [-0.15, -0.1) is 0 Å². The van der Waals surface area contributed by atoms with E-state index in [-0.39, 0.29) is 5.97 Å². The maximum Gasteiger partial charge on any atom is 0.340 e. The number of aromatic nitrogens is 1. The zero-order valence-corrected chi connectivity index (χ0v) is 11.7. The van der Waals surface area contributed by atoms with E-state index in [0.29, 0.717) is 12.2 Å². The Kier molecular flexibility index (Phi) is 3.65. The fourth-order valence-corrected chi connectivity index (χ4v) is 2.42. The molecule has 3 rings (SSSR count). The van der Waals surface area contributed by atoms with Crippen molar-refractivity contribution in [1.29, 1.82) is 0 Å². The highest BCUT2D eigenvalue weighted by atomic mass is 16.5. The third-order valence-corrected chi connectivity index (χ3v) is 3.33. The number of nitrogens with zero attached hydrogens (tertiary/aromatic N) is 1. The molecule has 2 aromatic carbocycles. The normalized spacial score (nSPS) is 10.5. The summed E-state index contributed by atoms with van der Waals surface area (Å²) >= 11 is 0. The standard InChI is InChI=1S/C18H15NO2/c1-2-21-18(20)15-12-19-16-11-7-6-10-14(16)17(15)13-8-4-3-5-9-13/h3-12H,2H2,1H3. The van der Waals surface area contributed by atoms with Crippen molar-refractivity contribution in [2.24, 2.45) is 0 Å². The van der Waals surface area contributed by atoms with Crippen molar-refractivity contribution in [3.05, 3.63) is 66.4 Å². The van der Waals surface area contributed by atoms with Crippen LogP contribution in [0, 0.1) is 0 Å². The number of para-hydroxylation sites is 1. The average molecular weight is 277 g/mol. The molecule has 0 saturated carbocycles. The van der Waals surface area contributed by atoms with E-state index in [1.807, 2.05) is 54.6 Å². The number of rotatable bonds is 3. The third-order valence-electron chi connectivity index (χ3n) is 3.33. The molecule has 0 atom stereocenters. The molecule has 104 valence electrons. The molecule has 0 N–H and O–H groups in total. The van der Waals surface area contributed by atoms with Crippen molar-refractivity contribution < 1.29 is 9.53 Å². The van der Waals surface area contributed by atoms with E-state index in [4.69, 9.17) is 4.74 Å². The van der Waals surface area contributed by atoms with Crippen LogP contribution in [0.1, 0.15) is 17.3 Å². The predicted octanol–water partition coefficient (Wildman–Crippen LogP) is 4.08. The molecule has 1 aromatic heterocycles. The van der Waals surface area contributed by atoms with E-state index < -0.39 is 0 Å². The molecule has 3 nitrogen and oxygen atoms in total. The van der Waals surface area contributed by atoms with Gasteiger partial charge in [-0.1, -0.05) is 48.5 Å².